The van der Waals surface area contributed by atoms with Gasteiger partial charge in [-0.05, 0) is 31.2 Å². The number of hydrogen-bond donors (Lipinski definition) is 1. The number of hydrazine groups is 1. The Kier molecular flexibility index (Phi) is 4.37. The number of urea groups is 1. The van der Waals surface area contributed by atoms with Crippen LogP contribution in [0.15, 0.2) is 30.3 Å². The number of piperidine rings is 1. The van der Waals surface area contributed by atoms with Gasteiger partial charge in [-0.3, -0.25) is 14.4 Å². The second-order valence-corrected chi connectivity index (χ2v) is 7.09. The molecule has 2 bridgehead atoms. The van der Waals surface area contributed by atoms with Crippen LogP contribution in [0.1, 0.15) is 31.2 Å². The van der Waals surface area contributed by atoms with Crippen LogP contribution in [0.4, 0.5) is 4.79 Å². The standard InChI is InChI=1S/C18H22N4O4/c19-21(16(23)13-6-7-13)17(24)15-9-8-14-10-20(15)18(25)22(14)26-11-12-4-2-1-3-5-12/h1-5,13-15H,6-11,19H2/t14-,15+/m0/s1. The zero-order valence-corrected chi connectivity index (χ0v) is 14.4. The topological polar surface area (TPSA) is 96.2 Å². The largest absolute Gasteiger partial charge is 0.345 e. The molecular formula is C18H22N4O4. The van der Waals surface area contributed by atoms with Crippen LogP contribution < -0.4 is 5.84 Å². The van der Waals surface area contributed by atoms with Crippen LogP contribution in [0.3, 0.4) is 0 Å². The molecule has 0 aromatic heterocycles. The molecule has 26 heavy (non-hydrogen) atoms. The number of nitrogens with two attached hydrogens (primary N) is 1. The predicted molar refractivity (Wildman–Crippen MR) is 90.7 cm³/mol. The van der Waals surface area contributed by atoms with Gasteiger partial charge in [-0.2, -0.15) is 5.06 Å². The van der Waals surface area contributed by atoms with Crippen LogP contribution in [-0.4, -0.2) is 51.4 Å². The highest BCUT2D eigenvalue weighted by Crippen LogP contribution is 2.33. The summed E-state index contributed by atoms with van der Waals surface area (Å²) < 4.78 is 0. The average Bonchev–Trinajstić information content (AvgIpc) is 3.49. The van der Waals surface area contributed by atoms with Gasteiger partial charge in [0.05, 0.1) is 6.04 Å². The van der Waals surface area contributed by atoms with Gasteiger partial charge in [0.2, 0.25) is 5.91 Å². The van der Waals surface area contributed by atoms with Gasteiger partial charge in [0.1, 0.15) is 12.6 Å². The number of nitrogens with zero attached hydrogens (tertiary/aromatic N) is 3. The Morgan fingerprint density at radius 3 is 2.54 bits per heavy atom. The summed E-state index contributed by atoms with van der Waals surface area (Å²) in [5.74, 6) is 4.74. The minimum atomic E-state index is -0.697. The molecule has 4 amide bonds. The normalized spacial score (nSPS) is 24.7. The third-order valence-corrected chi connectivity index (χ3v) is 5.22. The summed E-state index contributed by atoms with van der Waals surface area (Å²) in [6.07, 6.45) is 2.66. The maximum Gasteiger partial charge on any atom is 0.345 e. The Bertz CT molecular complexity index is 721. The van der Waals surface area contributed by atoms with Gasteiger partial charge in [-0.25, -0.2) is 15.6 Å². The van der Waals surface area contributed by atoms with Crippen molar-refractivity contribution in [1.29, 1.82) is 0 Å². The highest BCUT2D eigenvalue weighted by Gasteiger charge is 2.49. The van der Waals surface area contributed by atoms with Gasteiger partial charge >= 0.3 is 6.03 Å². The molecule has 2 aliphatic heterocycles. The lowest BCUT2D eigenvalue weighted by molar-refractivity contribution is -0.149. The fourth-order valence-corrected chi connectivity index (χ4v) is 3.57. The summed E-state index contributed by atoms with van der Waals surface area (Å²) in [5, 5.41) is 2.08. The van der Waals surface area contributed by atoms with E-state index in [0.717, 1.165) is 18.4 Å². The number of carbonyl (C=O) groups is 3. The maximum absolute atomic E-state index is 12.7. The Hall–Kier alpha value is -2.45. The molecule has 2 N–H and O–H groups in total. The minimum absolute atomic E-state index is 0.0828. The van der Waals surface area contributed by atoms with E-state index in [1.54, 1.807) is 0 Å². The van der Waals surface area contributed by atoms with E-state index in [-0.39, 0.29) is 23.9 Å². The number of rotatable bonds is 5. The van der Waals surface area contributed by atoms with Crippen LogP contribution in [0, 0.1) is 5.92 Å². The maximum atomic E-state index is 12.7. The first-order valence-electron chi connectivity index (χ1n) is 8.95. The molecule has 4 rings (SSSR count). The molecule has 0 unspecified atom stereocenters. The zero-order valence-electron chi connectivity index (χ0n) is 14.4. The lowest BCUT2D eigenvalue weighted by Gasteiger charge is -2.31. The first-order valence-corrected chi connectivity index (χ1v) is 8.95. The quantitative estimate of drug-likeness (QED) is 0.367. The van der Waals surface area contributed by atoms with E-state index < -0.39 is 11.9 Å². The number of fused-ring (bicyclic) bond motifs is 2. The van der Waals surface area contributed by atoms with Crippen LogP contribution in [-0.2, 0) is 21.0 Å². The molecule has 1 aliphatic carbocycles. The first-order chi connectivity index (χ1) is 12.6. The minimum Gasteiger partial charge on any atom is -0.309 e. The second-order valence-electron chi connectivity index (χ2n) is 7.09. The van der Waals surface area contributed by atoms with Crippen LogP contribution in [0.5, 0.6) is 0 Å². The van der Waals surface area contributed by atoms with E-state index in [4.69, 9.17) is 10.7 Å². The first kappa shape index (κ1) is 17.0. The molecule has 0 spiro atoms. The predicted octanol–water partition coefficient (Wildman–Crippen LogP) is 1.03. The Morgan fingerprint density at radius 2 is 1.85 bits per heavy atom. The summed E-state index contributed by atoms with van der Waals surface area (Å²) in [6.45, 7) is 0.703. The van der Waals surface area contributed by atoms with Crippen molar-refractivity contribution in [2.24, 2.45) is 11.8 Å². The Morgan fingerprint density at radius 1 is 1.12 bits per heavy atom. The van der Waals surface area contributed by atoms with Crippen LogP contribution in [0.2, 0.25) is 0 Å². The molecule has 1 saturated carbocycles. The highest BCUT2D eigenvalue weighted by atomic mass is 16.7. The Balaban J connectivity index is 1.41. The average molecular weight is 358 g/mol. The molecule has 0 radical (unpaired) electrons. The van der Waals surface area contributed by atoms with Crippen LogP contribution in [0.25, 0.3) is 0 Å². The van der Waals surface area contributed by atoms with Crippen molar-refractivity contribution >= 4 is 17.8 Å². The second kappa shape index (κ2) is 6.69. The van der Waals surface area contributed by atoms with E-state index >= 15 is 0 Å². The molecule has 138 valence electrons. The van der Waals surface area contributed by atoms with Crippen molar-refractivity contribution in [1.82, 2.24) is 15.0 Å². The van der Waals surface area contributed by atoms with Gasteiger partial charge in [0, 0.05) is 12.5 Å². The molecule has 2 atom stereocenters. The fraction of sp³-hybridized carbons (Fsp3) is 0.500. The summed E-state index contributed by atoms with van der Waals surface area (Å²) in [5.41, 5.74) is 0.965. The number of hydrogen-bond acceptors (Lipinski definition) is 5. The van der Waals surface area contributed by atoms with Crippen molar-refractivity contribution < 1.29 is 19.2 Å². The van der Waals surface area contributed by atoms with Gasteiger partial charge in [-0.1, -0.05) is 30.3 Å². The Labute approximate surface area is 151 Å². The van der Waals surface area contributed by atoms with E-state index in [1.165, 1.54) is 9.96 Å². The summed E-state index contributed by atoms with van der Waals surface area (Å²) in [4.78, 5) is 44.5. The number of hydroxylamine groups is 2. The van der Waals surface area contributed by atoms with Crippen molar-refractivity contribution in [3.63, 3.8) is 0 Å². The SMILES string of the molecule is NN(C(=O)C1CC1)C(=O)[C@H]1CC[C@H]2CN1C(=O)N2OCc1ccccc1. The van der Waals surface area contributed by atoms with Crippen molar-refractivity contribution in [3.05, 3.63) is 35.9 Å². The number of carbonyl (C=O) groups excluding carboxylic acids is 3. The molecule has 3 fully saturated rings. The zero-order chi connectivity index (χ0) is 18.3. The third-order valence-electron chi connectivity index (χ3n) is 5.22. The molecule has 8 heteroatoms. The number of benzene rings is 1. The molecule has 2 saturated heterocycles. The fourth-order valence-electron chi connectivity index (χ4n) is 3.57. The lowest BCUT2D eigenvalue weighted by atomic mass is 10.00. The monoisotopic (exact) mass is 358 g/mol. The van der Waals surface area contributed by atoms with Crippen molar-refractivity contribution in [2.75, 3.05) is 6.54 Å². The molecule has 2 heterocycles. The summed E-state index contributed by atoms with van der Waals surface area (Å²) >= 11 is 0. The molecular weight excluding hydrogens is 336 g/mol. The number of imide groups is 1. The molecule has 1 aromatic rings. The summed E-state index contributed by atoms with van der Waals surface area (Å²) in [7, 11) is 0. The van der Waals surface area contributed by atoms with Gasteiger partial charge in [-0.15, -0.1) is 0 Å². The lowest BCUT2D eigenvalue weighted by Crippen LogP contribution is -2.55. The van der Waals surface area contributed by atoms with Crippen molar-refractivity contribution in [2.45, 2.75) is 44.4 Å². The number of amides is 4. The van der Waals surface area contributed by atoms with Crippen molar-refractivity contribution in [3.8, 4) is 0 Å². The summed E-state index contributed by atoms with van der Waals surface area (Å²) in [6, 6.07) is 8.47. The van der Waals surface area contributed by atoms with Crippen LogP contribution >= 0.6 is 0 Å². The van der Waals surface area contributed by atoms with Gasteiger partial charge < -0.3 is 4.90 Å². The van der Waals surface area contributed by atoms with E-state index in [1.807, 2.05) is 30.3 Å². The molecule has 8 nitrogen and oxygen atoms in total. The van der Waals surface area contributed by atoms with E-state index in [9.17, 15) is 14.4 Å². The smallest absolute Gasteiger partial charge is 0.309 e. The van der Waals surface area contributed by atoms with Gasteiger partial charge in [0.15, 0.2) is 0 Å². The van der Waals surface area contributed by atoms with E-state index in [0.29, 0.717) is 31.0 Å². The molecule has 1 aromatic carbocycles. The molecule has 3 aliphatic rings. The highest BCUT2D eigenvalue weighted by molar-refractivity contribution is 6.00. The van der Waals surface area contributed by atoms with E-state index in [2.05, 4.69) is 0 Å². The third kappa shape index (κ3) is 3.06. The van der Waals surface area contributed by atoms with Gasteiger partial charge in [0.25, 0.3) is 5.91 Å².